The molecular formula is C25H28N4O3. The SMILES string of the molecule is COc1cccc(CC(=O)N2CCN(c3ccc(-c4noc(C5CCC5)n4)cc3)CC2)c1. The first-order chi connectivity index (χ1) is 15.7. The van der Waals surface area contributed by atoms with Gasteiger partial charge < -0.3 is 19.1 Å². The summed E-state index contributed by atoms with van der Waals surface area (Å²) >= 11 is 0. The average molecular weight is 433 g/mol. The number of aromatic nitrogens is 2. The maximum atomic E-state index is 12.7. The number of benzene rings is 2. The molecule has 0 unspecified atom stereocenters. The van der Waals surface area contributed by atoms with Crippen molar-refractivity contribution in [1.82, 2.24) is 15.0 Å². The summed E-state index contributed by atoms with van der Waals surface area (Å²) < 4.78 is 10.7. The van der Waals surface area contributed by atoms with E-state index in [0.29, 0.717) is 18.2 Å². The number of ether oxygens (including phenoxy) is 1. The highest BCUT2D eigenvalue weighted by Gasteiger charge is 2.26. The lowest BCUT2D eigenvalue weighted by Crippen LogP contribution is -2.49. The lowest BCUT2D eigenvalue weighted by Gasteiger charge is -2.36. The molecule has 0 spiro atoms. The van der Waals surface area contributed by atoms with Crippen molar-refractivity contribution in [3.8, 4) is 17.1 Å². The van der Waals surface area contributed by atoms with E-state index in [4.69, 9.17) is 9.26 Å². The number of hydrogen-bond donors (Lipinski definition) is 0. The first-order valence-electron chi connectivity index (χ1n) is 11.3. The summed E-state index contributed by atoms with van der Waals surface area (Å²) in [6.07, 6.45) is 3.94. The van der Waals surface area contributed by atoms with Crippen LogP contribution in [0, 0.1) is 0 Å². The van der Waals surface area contributed by atoms with Crippen LogP contribution in [-0.2, 0) is 11.2 Å². The topological polar surface area (TPSA) is 71.7 Å². The lowest BCUT2D eigenvalue weighted by molar-refractivity contribution is -0.130. The van der Waals surface area contributed by atoms with Crippen LogP contribution >= 0.6 is 0 Å². The van der Waals surface area contributed by atoms with Gasteiger partial charge in [-0.2, -0.15) is 4.98 Å². The van der Waals surface area contributed by atoms with E-state index in [1.807, 2.05) is 41.3 Å². The molecule has 5 rings (SSSR count). The van der Waals surface area contributed by atoms with Crippen LogP contribution in [0.2, 0.25) is 0 Å². The van der Waals surface area contributed by atoms with E-state index >= 15 is 0 Å². The molecule has 2 aromatic carbocycles. The molecule has 1 aromatic heterocycles. The van der Waals surface area contributed by atoms with Crippen molar-refractivity contribution in [1.29, 1.82) is 0 Å². The van der Waals surface area contributed by atoms with E-state index < -0.39 is 0 Å². The summed E-state index contributed by atoms with van der Waals surface area (Å²) in [5, 5.41) is 4.15. The predicted octanol–water partition coefficient (Wildman–Crippen LogP) is 3.90. The Bertz CT molecular complexity index is 1070. The molecule has 0 N–H and O–H groups in total. The van der Waals surface area contributed by atoms with E-state index in [9.17, 15) is 4.79 Å². The molecule has 0 radical (unpaired) electrons. The van der Waals surface area contributed by atoms with Gasteiger partial charge in [-0.3, -0.25) is 4.79 Å². The molecule has 2 heterocycles. The molecule has 32 heavy (non-hydrogen) atoms. The van der Waals surface area contributed by atoms with Gasteiger partial charge in [0.15, 0.2) is 0 Å². The minimum atomic E-state index is 0.160. The Balaban J connectivity index is 1.16. The average Bonchev–Trinajstić information content (AvgIpc) is 3.27. The van der Waals surface area contributed by atoms with Crippen molar-refractivity contribution in [2.45, 2.75) is 31.6 Å². The molecule has 2 fully saturated rings. The van der Waals surface area contributed by atoms with Crippen LogP contribution in [0.4, 0.5) is 5.69 Å². The number of carbonyl (C=O) groups is 1. The highest BCUT2D eigenvalue weighted by molar-refractivity contribution is 5.79. The summed E-state index contributed by atoms with van der Waals surface area (Å²) in [5.41, 5.74) is 3.10. The summed E-state index contributed by atoms with van der Waals surface area (Å²) in [4.78, 5) is 21.6. The molecule has 166 valence electrons. The third-order valence-electron chi connectivity index (χ3n) is 6.51. The first kappa shape index (κ1) is 20.5. The Morgan fingerprint density at radius 2 is 1.88 bits per heavy atom. The number of carbonyl (C=O) groups excluding carboxylic acids is 1. The number of hydrogen-bond acceptors (Lipinski definition) is 6. The van der Waals surface area contributed by atoms with Gasteiger partial charge in [-0.15, -0.1) is 0 Å². The smallest absolute Gasteiger partial charge is 0.230 e. The number of piperazine rings is 1. The molecule has 2 aliphatic rings. The van der Waals surface area contributed by atoms with Crippen molar-refractivity contribution in [2.75, 3.05) is 38.2 Å². The summed E-state index contributed by atoms with van der Waals surface area (Å²) in [6, 6.07) is 16.0. The second-order valence-electron chi connectivity index (χ2n) is 8.53. The molecule has 1 amide bonds. The highest BCUT2D eigenvalue weighted by atomic mass is 16.5. The molecule has 1 saturated carbocycles. The Morgan fingerprint density at radius 3 is 2.56 bits per heavy atom. The third-order valence-corrected chi connectivity index (χ3v) is 6.51. The molecule has 1 aliphatic carbocycles. The fourth-order valence-electron chi connectivity index (χ4n) is 4.28. The lowest BCUT2D eigenvalue weighted by atomic mass is 9.85. The highest BCUT2D eigenvalue weighted by Crippen LogP contribution is 2.36. The maximum absolute atomic E-state index is 12.7. The minimum absolute atomic E-state index is 0.160. The van der Waals surface area contributed by atoms with Gasteiger partial charge in [-0.05, 0) is 54.8 Å². The molecular weight excluding hydrogens is 404 g/mol. The van der Waals surface area contributed by atoms with Crippen LogP contribution in [0.3, 0.4) is 0 Å². The second kappa shape index (κ2) is 9.02. The third kappa shape index (κ3) is 4.33. The van der Waals surface area contributed by atoms with Crippen LogP contribution in [-0.4, -0.2) is 54.2 Å². The molecule has 7 nitrogen and oxygen atoms in total. The van der Waals surface area contributed by atoms with Gasteiger partial charge in [-0.25, -0.2) is 0 Å². The van der Waals surface area contributed by atoms with Crippen molar-refractivity contribution in [3.05, 3.63) is 60.0 Å². The van der Waals surface area contributed by atoms with E-state index in [-0.39, 0.29) is 5.91 Å². The molecule has 7 heteroatoms. The predicted molar refractivity (Wildman–Crippen MR) is 122 cm³/mol. The number of rotatable bonds is 6. The van der Waals surface area contributed by atoms with Crippen LogP contribution in [0.5, 0.6) is 5.75 Å². The van der Waals surface area contributed by atoms with Crippen LogP contribution in [0.15, 0.2) is 53.1 Å². The van der Waals surface area contributed by atoms with E-state index in [1.54, 1.807) is 7.11 Å². The normalized spacial score (nSPS) is 16.7. The van der Waals surface area contributed by atoms with Crippen LogP contribution in [0.1, 0.15) is 36.6 Å². The van der Waals surface area contributed by atoms with Gasteiger partial charge in [-0.1, -0.05) is 23.7 Å². The van der Waals surface area contributed by atoms with Crippen molar-refractivity contribution >= 4 is 11.6 Å². The fourth-order valence-corrected chi connectivity index (χ4v) is 4.28. The number of nitrogens with zero attached hydrogens (tertiary/aromatic N) is 4. The van der Waals surface area contributed by atoms with Gasteiger partial charge in [0.2, 0.25) is 17.6 Å². The first-order valence-corrected chi connectivity index (χ1v) is 11.3. The second-order valence-corrected chi connectivity index (χ2v) is 8.53. The number of methoxy groups -OCH3 is 1. The largest absolute Gasteiger partial charge is 0.497 e. The van der Waals surface area contributed by atoms with Gasteiger partial charge in [0.05, 0.1) is 13.5 Å². The number of anilines is 1. The zero-order valence-electron chi connectivity index (χ0n) is 18.4. The van der Waals surface area contributed by atoms with E-state index in [2.05, 4.69) is 27.2 Å². The summed E-state index contributed by atoms with van der Waals surface area (Å²) in [7, 11) is 1.64. The Hall–Kier alpha value is -3.35. The van der Waals surface area contributed by atoms with Crippen molar-refractivity contribution < 1.29 is 14.1 Å². The summed E-state index contributed by atoms with van der Waals surface area (Å²) in [6.45, 7) is 3.08. The van der Waals surface area contributed by atoms with Crippen molar-refractivity contribution in [2.24, 2.45) is 0 Å². The summed E-state index contributed by atoms with van der Waals surface area (Å²) in [5.74, 6) is 2.81. The molecule has 0 bridgehead atoms. The van der Waals surface area contributed by atoms with Gasteiger partial charge >= 0.3 is 0 Å². The van der Waals surface area contributed by atoms with E-state index in [0.717, 1.165) is 67.5 Å². The fraction of sp³-hybridized carbons (Fsp3) is 0.400. The van der Waals surface area contributed by atoms with Crippen LogP contribution in [0.25, 0.3) is 11.4 Å². The Morgan fingerprint density at radius 1 is 1.09 bits per heavy atom. The van der Waals surface area contributed by atoms with Gasteiger partial charge in [0.1, 0.15) is 5.75 Å². The minimum Gasteiger partial charge on any atom is -0.497 e. The molecule has 1 saturated heterocycles. The molecule has 3 aromatic rings. The number of amides is 1. The van der Waals surface area contributed by atoms with Crippen LogP contribution < -0.4 is 9.64 Å². The van der Waals surface area contributed by atoms with E-state index in [1.165, 1.54) is 6.42 Å². The monoisotopic (exact) mass is 432 g/mol. The quantitative estimate of drug-likeness (QED) is 0.588. The maximum Gasteiger partial charge on any atom is 0.230 e. The Kier molecular flexibility index (Phi) is 5.79. The van der Waals surface area contributed by atoms with Crippen molar-refractivity contribution in [3.63, 3.8) is 0 Å². The van der Waals surface area contributed by atoms with Gasteiger partial charge in [0, 0.05) is 43.3 Å². The molecule has 1 aliphatic heterocycles. The Labute approximate surface area is 188 Å². The zero-order chi connectivity index (χ0) is 21.9. The van der Waals surface area contributed by atoms with Gasteiger partial charge in [0.25, 0.3) is 0 Å². The standard InChI is InChI=1S/C25H28N4O3/c1-31-22-7-2-4-18(16-22)17-23(30)29-14-12-28(13-15-29)21-10-8-19(9-11-21)24-26-25(32-27-24)20-5-3-6-20/h2,4,7-11,16,20H,3,5-6,12-15,17H2,1H3. The zero-order valence-corrected chi connectivity index (χ0v) is 18.4. The molecule has 0 atom stereocenters.